The number of aryl methyl sites for hydroxylation is 3. The van der Waals surface area contributed by atoms with Gasteiger partial charge in [0.2, 0.25) is 5.91 Å². The number of methoxy groups -OCH3 is 1. The third kappa shape index (κ3) is 5.79. The van der Waals surface area contributed by atoms with E-state index in [0.717, 1.165) is 48.1 Å². The van der Waals surface area contributed by atoms with Crippen molar-refractivity contribution >= 4 is 17.5 Å². The maximum Gasteiger partial charge on any atom is 0.295 e. The lowest BCUT2D eigenvalue weighted by Crippen LogP contribution is -2.46. The molecule has 38 heavy (non-hydrogen) atoms. The number of nitrogens with one attached hydrogen (secondary N) is 1. The molecule has 1 atom stereocenters. The van der Waals surface area contributed by atoms with Gasteiger partial charge in [0.15, 0.2) is 5.76 Å². The van der Waals surface area contributed by atoms with Gasteiger partial charge in [0.25, 0.3) is 5.91 Å². The van der Waals surface area contributed by atoms with E-state index < -0.39 is 6.04 Å². The van der Waals surface area contributed by atoms with Gasteiger partial charge in [-0.15, -0.1) is 0 Å². The van der Waals surface area contributed by atoms with E-state index in [1.54, 1.807) is 12.0 Å². The molecule has 0 bridgehead atoms. The molecule has 1 aromatic heterocycles. The monoisotopic (exact) mass is 516 g/mol. The van der Waals surface area contributed by atoms with Crippen molar-refractivity contribution in [3.63, 3.8) is 0 Å². The molecular weight excluding hydrogens is 476 g/mol. The van der Waals surface area contributed by atoms with Crippen LogP contribution in [0.4, 0.5) is 5.69 Å². The molecule has 1 aliphatic rings. The molecule has 0 aliphatic heterocycles. The SMILES string of the molecule is COc1ccc([C@H](C(=O)NC2CCCC2)N(C(=O)c2oc(C(C)(C)C)cc2C)c2ccc(C)cc2C)cc1. The van der Waals surface area contributed by atoms with Crippen molar-refractivity contribution in [3.05, 3.63) is 82.3 Å². The Labute approximate surface area is 226 Å². The molecule has 0 radical (unpaired) electrons. The minimum atomic E-state index is -0.891. The fraction of sp³-hybridized carbons (Fsp3) is 0.438. The normalized spacial score (nSPS) is 14.8. The second kappa shape index (κ2) is 11.1. The second-order valence-electron chi connectivity index (χ2n) is 11.5. The minimum absolute atomic E-state index is 0.108. The van der Waals surface area contributed by atoms with E-state index in [1.165, 1.54) is 0 Å². The highest BCUT2D eigenvalue weighted by atomic mass is 16.5. The van der Waals surface area contributed by atoms with Crippen molar-refractivity contribution in [3.8, 4) is 5.75 Å². The van der Waals surface area contributed by atoms with Gasteiger partial charge >= 0.3 is 0 Å². The summed E-state index contributed by atoms with van der Waals surface area (Å²) in [6.45, 7) is 12.0. The molecule has 0 saturated heterocycles. The molecule has 0 unspecified atom stereocenters. The number of nitrogens with zero attached hydrogens (tertiary/aromatic N) is 1. The lowest BCUT2D eigenvalue weighted by atomic mass is 9.93. The van der Waals surface area contributed by atoms with Crippen molar-refractivity contribution in [2.24, 2.45) is 0 Å². The van der Waals surface area contributed by atoms with E-state index in [2.05, 4.69) is 26.1 Å². The number of carbonyl (C=O) groups is 2. The second-order valence-corrected chi connectivity index (χ2v) is 11.5. The lowest BCUT2D eigenvalue weighted by Gasteiger charge is -2.33. The first-order valence-electron chi connectivity index (χ1n) is 13.5. The van der Waals surface area contributed by atoms with Crippen LogP contribution in [0, 0.1) is 20.8 Å². The molecule has 0 spiro atoms. The molecule has 2 amide bonds. The van der Waals surface area contributed by atoms with Gasteiger partial charge < -0.3 is 14.5 Å². The average molecular weight is 517 g/mol. The van der Waals surface area contributed by atoms with Crippen LogP contribution in [-0.2, 0) is 10.2 Å². The predicted octanol–water partition coefficient (Wildman–Crippen LogP) is 6.96. The maximum atomic E-state index is 14.5. The van der Waals surface area contributed by atoms with Gasteiger partial charge in [-0.1, -0.05) is 63.4 Å². The molecule has 1 aliphatic carbocycles. The average Bonchev–Trinajstić information content (AvgIpc) is 3.52. The number of ether oxygens (including phenoxy) is 1. The van der Waals surface area contributed by atoms with E-state index in [-0.39, 0.29) is 29.0 Å². The fourth-order valence-electron chi connectivity index (χ4n) is 5.17. The third-order valence-corrected chi connectivity index (χ3v) is 7.32. The highest BCUT2D eigenvalue weighted by Gasteiger charge is 2.38. The van der Waals surface area contributed by atoms with E-state index in [9.17, 15) is 9.59 Å². The van der Waals surface area contributed by atoms with E-state index >= 15 is 0 Å². The summed E-state index contributed by atoms with van der Waals surface area (Å²) in [5.74, 6) is 1.13. The Kier molecular flexibility index (Phi) is 8.00. The zero-order valence-corrected chi connectivity index (χ0v) is 23.7. The minimum Gasteiger partial charge on any atom is -0.497 e. The van der Waals surface area contributed by atoms with Crippen molar-refractivity contribution < 1.29 is 18.7 Å². The third-order valence-electron chi connectivity index (χ3n) is 7.32. The molecule has 6 heteroatoms. The summed E-state index contributed by atoms with van der Waals surface area (Å²) in [6, 6.07) is 14.4. The molecule has 202 valence electrons. The first-order valence-corrected chi connectivity index (χ1v) is 13.5. The van der Waals surface area contributed by atoms with Gasteiger partial charge in [-0.05, 0) is 69.0 Å². The molecule has 6 nitrogen and oxygen atoms in total. The zero-order chi connectivity index (χ0) is 27.6. The quantitative estimate of drug-likeness (QED) is 0.369. The summed E-state index contributed by atoms with van der Waals surface area (Å²) in [4.78, 5) is 30.1. The van der Waals surface area contributed by atoms with Crippen LogP contribution in [0.15, 0.2) is 52.9 Å². The topological polar surface area (TPSA) is 71.8 Å². The van der Waals surface area contributed by atoms with Gasteiger partial charge in [0, 0.05) is 22.7 Å². The van der Waals surface area contributed by atoms with Gasteiger partial charge in [-0.25, -0.2) is 0 Å². The summed E-state index contributed by atoms with van der Waals surface area (Å²) >= 11 is 0. The summed E-state index contributed by atoms with van der Waals surface area (Å²) < 4.78 is 11.6. The maximum absolute atomic E-state index is 14.5. The van der Waals surface area contributed by atoms with Crippen LogP contribution < -0.4 is 15.0 Å². The highest BCUT2D eigenvalue weighted by molar-refractivity contribution is 6.09. The van der Waals surface area contributed by atoms with Gasteiger partial charge in [0.05, 0.1) is 7.11 Å². The summed E-state index contributed by atoms with van der Waals surface area (Å²) in [5, 5.41) is 3.24. The van der Waals surface area contributed by atoms with Crippen molar-refractivity contribution in [1.82, 2.24) is 5.32 Å². The van der Waals surface area contributed by atoms with Gasteiger partial charge in [0.1, 0.15) is 17.6 Å². The van der Waals surface area contributed by atoms with Crippen LogP contribution >= 0.6 is 0 Å². The Hall–Kier alpha value is -3.54. The van der Waals surface area contributed by atoms with Crippen molar-refractivity contribution in [1.29, 1.82) is 0 Å². The van der Waals surface area contributed by atoms with E-state index in [1.807, 2.05) is 69.3 Å². The Morgan fingerprint density at radius 2 is 1.63 bits per heavy atom. The number of anilines is 1. The number of hydrogen-bond acceptors (Lipinski definition) is 4. The summed E-state index contributed by atoms with van der Waals surface area (Å²) in [5.41, 5.74) is 3.86. The molecule has 1 N–H and O–H groups in total. The van der Waals surface area contributed by atoms with Gasteiger partial charge in [-0.2, -0.15) is 0 Å². The smallest absolute Gasteiger partial charge is 0.295 e. The van der Waals surface area contributed by atoms with Crippen LogP contribution in [0.1, 0.15) is 91.1 Å². The Balaban J connectivity index is 1.88. The van der Waals surface area contributed by atoms with Crippen molar-refractivity contribution in [2.75, 3.05) is 12.0 Å². The molecule has 2 aromatic carbocycles. The Bertz CT molecular complexity index is 1290. The fourth-order valence-corrected chi connectivity index (χ4v) is 5.17. The number of carbonyl (C=O) groups excluding carboxylic acids is 2. The largest absolute Gasteiger partial charge is 0.497 e. The molecular formula is C32H40N2O4. The van der Waals surface area contributed by atoms with Crippen molar-refractivity contribution in [2.45, 2.75) is 84.7 Å². The predicted molar refractivity (Wildman–Crippen MR) is 151 cm³/mol. The molecule has 1 saturated carbocycles. The lowest BCUT2D eigenvalue weighted by molar-refractivity contribution is -0.123. The summed E-state index contributed by atoms with van der Waals surface area (Å²) in [6.07, 6.45) is 4.09. The summed E-state index contributed by atoms with van der Waals surface area (Å²) in [7, 11) is 1.61. The highest BCUT2D eigenvalue weighted by Crippen LogP contribution is 2.36. The van der Waals surface area contributed by atoms with E-state index in [0.29, 0.717) is 17.0 Å². The van der Waals surface area contributed by atoms with Crippen LogP contribution in [-0.4, -0.2) is 25.0 Å². The molecule has 4 rings (SSSR count). The molecule has 3 aromatic rings. The zero-order valence-electron chi connectivity index (χ0n) is 23.7. The van der Waals surface area contributed by atoms with E-state index in [4.69, 9.17) is 9.15 Å². The molecule has 1 fully saturated rings. The number of benzene rings is 2. The van der Waals surface area contributed by atoms with Crippen LogP contribution in [0.2, 0.25) is 0 Å². The first-order chi connectivity index (χ1) is 18.0. The number of amides is 2. The Morgan fingerprint density at radius 1 is 0.974 bits per heavy atom. The number of rotatable bonds is 7. The first kappa shape index (κ1) is 27.5. The Morgan fingerprint density at radius 3 is 2.18 bits per heavy atom. The standard InChI is InChI=1S/C32H40N2O4/c1-20-12-17-26(21(2)18-20)34(31(36)29-22(3)19-27(38-29)32(4,5)6)28(23-13-15-25(37-7)16-14-23)30(35)33-24-10-8-9-11-24/h12-19,24,28H,8-11H2,1-7H3,(H,33,35)/t28-/m1/s1. The molecule has 1 heterocycles. The number of furan rings is 1. The number of hydrogen-bond donors (Lipinski definition) is 1. The van der Waals surface area contributed by atoms with Crippen LogP contribution in [0.5, 0.6) is 5.75 Å². The van der Waals surface area contributed by atoms with Crippen LogP contribution in [0.3, 0.4) is 0 Å². The van der Waals surface area contributed by atoms with Crippen LogP contribution in [0.25, 0.3) is 0 Å². The van der Waals surface area contributed by atoms with Gasteiger partial charge in [-0.3, -0.25) is 14.5 Å².